The van der Waals surface area contributed by atoms with Crippen molar-refractivity contribution in [2.45, 2.75) is 70.6 Å². The van der Waals surface area contributed by atoms with Crippen molar-refractivity contribution >= 4 is 16.8 Å². The third-order valence-electron chi connectivity index (χ3n) is 6.80. The third-order valence-corrected chi connectivity index (χ3v) is 6.80. The molecule has 1 aromatic heterocycles. The second-order valence-corrected chi connectivity index (χ2v) is 9.75. The summed E-state index contributed by atoms with van der Waals surface area (Å²) in [4.78, 5) is 20.5. The van der Waals surface area contributed by atoms with Gasteiger partial charge in [0.05, 0.1) is 12.7 Å². The first kappa shape index (κ1) is 25.7. The molecule has 8 heteroatoms. The van der Waals surface area contributed by atoms with E-state index < -0.39 is 0 Å². The van der Waals surface area contributed by atoms with Crippen LogP contribution >= 0.6 is 0 Å². The number of carbonyl (C=O) groups excluding carboxylic acids is 1. The molecule has 4 rings (SSSR count). The fourth-order valence-corrected chi connectivity index (χ4v) is 4.91. The van der Waals surface area contributed by atoms with Crippen molar-refractivity contribution in [2.24, 2.45) is 0 Å². The minimum atomic E-state index is -0.182. The highest BCUT2D eigenvalue weighted by molar-refractivity contribution is 5.98. The van der Waals surface area contributed by atoms with Crippen LogP contribution in [-0.2, 0) is 9.47 Å². The molecule has 1 atom stereocenters. The third kappa shape index (κ3) is 6.84. The van der Waals surface area contributed by atoms with Gasteiger partial charge in [-0.2, -0.15) is 0 Å². The zero-order chi connectivity index (χ0) is 24.6. The highest BCUT2D eigenvalue weighted by Crippen LogP contribution is 2.34. The van der Waals surface area contributed by atoms with Crippen LogP contribution in [0.25, 0.3) is 10.9 Å². The number of likely N-dealkylation sites (tertiary alicyclic amines) is 1. The van der Waals surface area contributed by atoms with Crippen LogP contribution in [0.15, 0.2) is 24.3 Å². The Hall–Kier alpha value is -2.42. The zero-order valence-electron chi connectivity index (χ0n) is 21.3. The summed E-state index contributed by atoms with van der Waals surface area (Å²) in [6, 6.07) is 8.14. The first-order valence-corrected chi connectivity index (χ1v) is 12.9. The van der Waals surface area contributed by atoms with Gasteiger partial charge in [-0.1, -0.05) is 6.07 Å². The van der Waals surface area contributed by atoms with Gasteiger partial charge in [-0.3, -0.25) is 9.69 Å². The number of benzene rings is 1. The van der Waals surface area contributed by atoms with Gasteiger partial charge in [-0.15, -0.1) is 0 Å². The van der Waals surface area contributed by atoms with E-state index in [0.29, 0.717) is 42.0 Å². The molecule has 1 N–H and O–H groups in total. The summed E-state index contributed by atoms with van der Waals surface area (Å²) in [6.45, 7) is 7.24. The predicted octanol–water partition coefficient (Wildman–Crippen LogP) is 4.16. The van der Waals surface area contributed by atoms with Crippen LogP contribution in [0.3, 0.4) is 0 Å². The fraction of sp³-hybridized carbons (Fsp3) is 0.630. The Morgan fingerprint density at radius 3 is 2.74 bits per heavy atom. The molecule has 2 aliphatic rings. The number of methoxy groups -OCH3 is 1. The number of nitrogens with zero attached hydrogens (tertiary/aromatic N) is 2. The molecule has 8 nitrogen and oxygen atoms in total. The smallest absolute Gasteiger partial charge is 0.270 e. The maximum absolute atomic E-state index is 13.3. The van der Waals surface area contributed by atoms with Crippen LogP contribution in [0, 0.1) is 0 Å². The van der Waals surface area contributed by atoms with Crippen molar-refractivity contribution in [3.05, 3.63) is 30.0 Å². The summed E-state index contributed by atoms with van der Waals surface area (Å²) in [7, 11) is 1.58. The molecular formula is C27H39N3O5. The molecule has 1 aliphatic heterocycles. The van der Waals surface area contributed by atoms with E-state index in [0.717, 1.165) is 44.2 Å². The molecular weight excluding hydrogens is 446 g/mol. The van der Waals surface area contributed by atoms with Crippen LogP contribution in [0.1, 0.15) is 62.9 Å². The highest BCUT2D eigenvalue weighted by atomic mass is 16.7. The summed E-state index contributed by atoms with van der Waals surface area (Å²) in [6.07, 6.45) is 6.69. The number of hydrogen-bond acceptors (Lipinski definition) is 7. The summed E-state index contributed by atoms with van der Waals surface area (Å²) in [5, 5.41) is 4.03. The minimum absolute atomic E-state index is 0.105. The van der Waals surface area contributed by atoms with E-state index in [1.807, 2.05) is 18.2 Å². The first-order valence-electron chi connectivity index (χ1n) is 12.9. The Kier molecular flexibility index (Phi) is 9.18. The molecule has 1 aliphatic carbocycles. The van der Waals surface area contributed by atoms with Gasteiger partial charge in [0.2, 0.25) is 0 Å². The number of carbonyl (C=O) groups is 1. The number of fused-ring (bicyclic) bond motifs is 1. The molecule has 2 heterocycles. The van der Waals surface area contributed by atoms with Crippen molar-refractivity contribution in [1.82, 2.24) is 15.2 Å². The number of ether oxygens (including phenoxy) is 4. The van der Waals surface area contributed by atoms with Crippen molar-refractivity contribution < 1.29 is 23.7 Å². The van der Waals surface area contributed by atoms with Crippen molar-refractivity contribution in [2.75, 3.05) is 40.2 Å². The van der Waals surface area contributed by atoms with Gasteiger partial charge < -0.3 is 24.3 Å². The number of aromatic nitrogens is 1. The van der Waals surface area contributed by atoms with Crippen LogP contribution in [0.5, 0.6) is 11.5 Å². The molecule has 1 aromatic carbocycles. The van der Waals surface area contributed by atoms with Gasteiger partial charge in [-0.05, 0) is 71.0 Å². The Bertz CT molecular complexity index is 977. The molecule has 1 saturated carbocycles. The molecule has 192 valence electrons. The Balaban J connectivity index is 1.57. The van der Waals surface area contributed by atoms with Gasteiger partial charge in [0.1, 0.15) is 36.1 Å². The largest absolute Gasteiger partial charge is 0.490 e. The van der Waals surface area contributed by atoms with Crippen molar-refractivity contribution in [3.63, 3.8) is 0 Å². The van der Waals surface area contributed by atoms with E-state index >= 15 is 0 Å². The van der Waals surface area contributed by atoms with E-state index in [4.69, 9.17) is 23.9 Å². The number of hydrogen-bond donors (Lipinski definition) is 1. The second kappa shape index (κ2) is 12.5. The topological polar surface area (TPSA) is 82.2 Å². The molecule has 2 fully saturated rings. The molecule has 0 bridgehead atoms. The van der Waals surface area contributed by atoms with Crippen LogP contribution in [0.2, 0.25) is 0 Å². The number of amides is 1. The predicted molar refractivity (Wildman–Crippen MR) is 135 cm³/mol. The quantitative estimate of drug-likeness (QED) is 0.378. The van der Waals surface area contributed by atoms with Gasteiger partial charge in [-0.25, -0.2) is 4.98 Å². The monoisotopic (exact) mass is 485 g/mol. The summed E-state index contributed by atoms with van der Waals surface area (Å²) < 4.78 is 22.7. The summed E-state index contributed by atoms with van der Waals surface area (Å²) >= 11 is 0. The summed E-state index contributed by atoms with van der Waals surface area (Å²) in [5.74, 6) is 1.12. The van der Waals surface area contributed by atoms with Crippen LogP contribution in [-0.4, -0.2) is 74.2 Å². The Morgan fingerprint density at radius 2 is 1.97 bits per heavy atom. The first-order chi connectivity index (χ1) is 17.0. The molecule has 2 aromatic rings. The van der Waals surface area contributed by atoms with Gasteiger partial charge >= 0.3 is 0 Å². The lowest BCUT2D eigenvalue weighted by Gasteiger charge is -2.35. The van der Waals surface area contributed by atoms with E-state index in [2.05, 4.69) is 24.1 Å². The Morgan fingerprint density at radius 1 is 1.14 bits per heavy atom. The highest BCUT2D eigenvalue weighted by Gasteiger charge is 2.25. The lowest BCUT2D eigenvalue weighted by Crippen LogP contribution is -2.49. The number of nitrogens with one attached hydrogen (secondary N) is 1. The van der Waals surface area contributed by atoms with Gasteiger partial charge in [0.25, 0.3) is 5.91 Å². The van der Waals surface area contributed by atoms with Crippen LogP contribution < -0.4 is 14.8 Å². The van der Waals surface area contributed by atoms with Crippen LogP contribution in [0.4, 0.5) is 0 Å². The molecule has 1 amide bonds. The molecule has 0 spiro atoms. The standard InChI is InChI=1S/C27H39N3O5/c1-19(2)30-13-7-8-20(17-30)28-27(31)23-16-25(34-15-14-33-18-32-3)22-11-6-12-24(26(22)29-23)35-21-9-4-5-10-21/h6,11-12,16,19-21H,4-5,7-10,13-15,17-18H2,1-3H3,(H,28,31)/t20-/m1/s1. The molecule has 1 saturated heterocycles. The van der Waals surface area contributed by atoms with E-state index in [1.165, 1.54) is 12.8 Å². The SMILES string of the molecule is COCOCCOc1cc(C(=O)N[C@@H]2CCCN(C(C)C)C2)nc2c(OC3CCCC3)cccc12. The van der Waals surface area contributed by atoms with Gasteiger partial charge in [0, 0.05) is 37.2 Å². The Labute approximate surface area is 208 Å². The average molecular weight is 486 g/mol. The van der Waals surface area contributed by atoms with Crippen molar-refractivity contribution in [1.29, 1.82) is 0 Å². The lowest BCUT2D eigenvalue weighted by atomic mass is 10.0. The number of pyridine rings is 1. The molecule has 0 unspecified atom stereocenters. The lowest BCUT2D eigenvalue weighted by molar-refractivity contribution is -0.0386. The second-order valence-electron chi connectivity index (χ2n) is 9.75. The van der Waals surface area contributed by atoms with Gasteiger partial charge in [0.15, 0.2) is 0 Å². The maximum Gasteiger partial charge on any atom is 0.270 e. The average Bonchev–Trinajstić information content (AvgIpc) is 3.37. The minimum Gasteiger partial charge on any atom is -0.490 e. The van der Waals surface area contributed by atoms with E-state index in [1.54, 1.807) is 13.2 Å². The van der Waals surface area contributed by atoms with E-state index in [9.17, 15) is 4.79 Å². The molecule has 0 radical (unpaired) electrons. The maximum atomic E-state index is 13.3. The number of para-hydroxylation sites is 1. The number of rotatable bonds is 11. The number of piperidine rings is 1. The zero-order valence-corrected chi connectivity index (χ0v) is 21.3. The normalized spacial score (nSPS) is 19.4. The molecule has 35 heavy (non-hydrogen) atoms. The van der Waals surface area contributed by atoms with Crippen molar-refractivity contribution in [3.8, 4) is 11.5 Å². The summed E-state index contributed by atoms with van der Waals surface area (Å²) in [5.41, 5.74) is 1.00. The fourth-order valence-electron chi connectivity index (χ4n) is 4.91. The van der Waals surface area contributed by atoms with E-state index in [-0.39, 0.29) is 24.8 Å².